The minimum absolute atomic E-state index is 0.157. The van der Waals surface area contributed by atoms with Crippen LogP contribution >= 0.6 is 23.2 Å². The summed E-state index contributed by atoms with van der Waals surface area (Å²) in [7, 11) is 14.7. The van der Waals surface area contributed by atoms with Gasteiger partial charge in [-0.1, -0.05) is 47.5 Å². The van der Waals surface area contributed by atoms with E-state index in [4.69, 9.17) is 57.8 Å². The maximum Gasteiger partial charge on any atom is 0.129 e. The van der Waals surface area contributed by atoms with Crippen molar-refractivity contribution in [1.29, 1.82) is 21.0 Å². The van der Waals surface area contributed by atoms with E-state index in [9.17, 15) is 10.5 Å². The lowest BCUT2D eigenvalue weighted by atomic mass is 9.99. The molecular weight excluding hydrogens is 1440 g/mol. The fraction of sp³-hybridized carbons (Fsp3) is 0.182. The number of aryl methyl sites for hydroxylation is 4. The highest BCUT2D eigenvalue weighted by Crippen LogP contribution is 2.41. The number of methoxy groups -OCH3 is 4. The van der Waals surface area contributed by atoms with Crippen molar-refractivity contribution < 1.29 is 18.9 Å². The SMILES string of the molecule is COc1cc(C)cc(-c2c(-c3ccnc(-c4ccc(N(C)C)cc4)c3)cnn2CC#N)c1.COc1cc(C)cc(-c2c(-c3ccnc(Cl)c3)cnn2CC#N)c1.COc1cc(C)cc(-c2nn(CC#N)cc2-c2ccnc(-c3ccc(N(C)C)cc3)c2)c1.COc1cc(C)cc(-c2nn(CC#N)cc2-c2ccnc(Cl)c2)c1. The van der Waals surface area contributed by atoms with Crippen LogP contribution in [0.5, 0.6) is 23.0 Å². The average Bonchev–Trinajstić information content (AvgIpc) is 1.56. The molecule has 0 N–H and O–H groups in total. The van der Waals surface area contributed by atoms with E-state index in [1.54, 1.807) is 77.9 Å². The average molecular weight is 1520 g/mol. The molecule has 0 amide bonds. The summed E-state index contributed by atoms with van der Waals surface area (Å²) >= 11 is 12.0. The van der Waals surface area contributed by atoms with Gasteiger partial charge in [-0.05, 0) is 218 Å². The number of ether oxygens (including phenoxy) is 4. The molecular formula is C88H80Cl2N18O4. The molecule has 0 saturated carbocycles. The first kappa shape index (κ1) is 79.2. The molecule has 0 saturated heterocycles. The van der Waals surface area contributed by atoms with E-state index < -0.39 is 0 Å². The largest absolute Gasteiger partial charge is 0.497 e. The fourth-order valence-electron chi connectivity index (χ4n) is 12.7. The summed E-state index contributed by atoms with van der Waals surface area (Å²) in [6.45, 7) is 8.73. The maximum atomic E-state index is 9.33. The third-order valence-corrected chi connectivity index (χ3v) is 18.3. The van der Waals surface area contributed by atoms with Gasteiger partial charge in [0.15, 0.2) is 0 Å². The molecule has 0 unspecified atom stereocenters. The molecule has 0 atom stereocenters. The third kappa shape index (κ3) is 19.3. The lowest BCUT2D eigenvalue weighted by Gasteiger charge is -2.13. The van der Waals surface area contributed by atoms with Gasteiger partial charge in [-0.25, -0.2) is 9.97 Å². The molecule has 14 aromatic rings. The van der Waals surface area contributed by atoms with Gasteiger partial charge in [0.1, 0.15) is 70.9 Å². The van der Waals surface area contributed by atoms with Gasteiger partial charge in [-0.15, -0.1) is 0 Å². The van der Waals surface area contributed by atoms with Crippen molar-refractivity contribution in [1.82, 2.24) is 59.1 Å². The van der Waals surface area contributed by atoms with Crippen LogP contribution in [-0.2, 0) is 26.2 Å². The number of halogens is 2. The van der Waals surface area contributed by atoms with Gasteiger partial charge in [0, 0.05) is 132 Å². The summed E-state index contributed by atoms with van der Waals surface area (Å²) in [5.41, 5.74) is 24.9. The van der Waals surface area contributed by atoms with Crippen LogP contribution in [0.2, 0.25) is 10.3 Å². The lowest BCUT2D eigenvalue weighted by Crippen LogP contribution is -2.07. The van der Waals surface area contributed by atoms with E-state index in [1.807, 2.05) is 172 Å². The Kier molecular flexibility index (Phi) is 26.0. The number of hydrogen-bond donors (Lipinski definition) is 0. The Balaban J connectivity index is 0.000000149. The van der Waals surface area contributed by atoms with Gasteiger partial charge in [-0.3, -0.25) is 28.7 Å². The first-order valence-corrected chi connectivity index (χ1v) is 36.1. The van der Waals surface area contributed by atoms with Crippen LogP contribution in [0.3, 0.4) is 0 Å². The van der Waals surface area contributed by atoms with Gasteiger partial charge in [0.25, 0.3) is 0 Å². The molecule has 0 radical (unpaired) electrons. The maximum absolute atomic E-state index is 9.33. The smallest absolute Gasteiger partial charge is 0.129 e. The molecule has 0 aliphatic rings. The molecule has 0 aliphatic carbocycles. The van der Waals surface area contributed by atoms with Crippen molar-refractivity contribution in [2.45, 2.75) is 53.9 Å². The van der Waals surface area contributed by atoms with Crippen molar-refractivity contribution in [3.8, 4) is 159 Å². The molecule has 24 heteroatoms. The van der Waals surface area contributed by atoms with Crippen molar-refractivity contribution >= 4 is 34.6 Å². The summed E-state index contributed by atoms with van der Waals surface area (Å²) in [5.74, 6) is 3.07. The second-order valence-electron chi connectivity index (χ2n) is 26.4. The van der Waals surface area contributed by atoms with Crippen LogP contribution < -0.4 is 28.7 Å². The lowest BCUT2D eigenvalue weighted by molar-refractivity contribution is 0.414. The second-order valence-corrected chi connectivity index (χ2v) is 27.1. The molecule has 8 heterocycles. The minimum atomic E-state index is 0.157. The van der Waals surface area contributed by atoms with Crippen LogP contribution in [0.25, 0.3) is 112 Å². The van der Waals surface area contributed by atoms with Crippen molar-refractivity contribution in [2.75, 3.05) is 66.4 Å². The van der Waals surface area contributed by atoms with Crippen LogP contribution in [0.1, 0.15) is 22.3 Å². The molecule has 112 heavy (non-hydrogen) atoms. The molecule has 22 nitrogen and oxygen atoms in total. The van der Waals surface area contributed by atoms with Crippen LogP contribution in [0, 0.1) is 73.0 Å². The number of rotatable bonds is 20. The predicted octanol–water partition coefficient (Wildman–Crippen LogP) is 18.6. The van der Waals surface area contributed by atoms with E-state index >= 15 is 0 Å². The molecule has 0 fully saturated rings. The first-order chi connectivity index (χ1) is 54.2. The van der Waals surface area contributed by atoms with Crippen LogP contribution in [0.4, 0.5) is 11.4 Å². The van der Waals surface area contributed by atoms with Crippen molar-refractivity contribution in [2.24, 2.45) is 0 Å². The van der Waals surface area contributed by atoms with Gasteiger partial charge in [0.2, 0.25) is 0 Å². The van der Waals surface area contributed by atoms with E-state index in [0.717, 1.165) is 169 Å². The number of nitriles is 4. The Hall–Kier alpha value is -13.9. The van der Waals surface area contributed by atoms with Gasteiger partial charge >= 0.3 is 0 Å². The number of aromatic nitrogens is 12. The zero-order valence-corrected chi connectivity index (χ0v) is 65.6. The van der Waals surface area contributed by atoms with E-state index in [-0.39, 0.29) is 26.2 Å². The Morgan fingerprint density at radius 1 is 0.348 bits per heavy atom. The first-order valence-electron chi connectivity index (χ1n) is 35.3. The Bertz CT molecular complexity index is 5700. The van der Waals surface area contributed by atoms with Gasteiger partial charge in [0.05, 0.1) is 87.9 Å². The molecule has 560 valence electrons. The summed E-state index contributed by atoms with van der Waals surface area (Å²) < 4.78 is 28.4. The molecule has 0 aliphatic heterocycles. The summed E-state index contributed by atoms with van der Waals surface area (Å²) in [4.78, 5) is 21.3. The third-order valence-electron chi connectivity index (χ3n) is 17.9. The number of pyridine rings is 4. The van der Waals surface area contributed by atoms with Crippen molar-refractivity contribution in [3.63, 3.8) is 0 Å². The number of nitrogens with zero attached hydrogens (tertiary/aromatic N) is 18. The highest BCUT2D eigenvalue weighted by atomic mass is 35.5. The number of anilines is 2. The zero-order chi connectivity index (χ0) is 79.5. The Labute approximate surface area is 661 Å². The normalized spacial score (nSPS) is 10.5. The van der Waals surface area contributed by atoms with Crippen molar-refractivity contribution in [3.05, 3.63) is 252 Å². The quantitative estimate of drug-likeness (QED) is 0.0642. The highest BCUT2D eigenvalue weighted by molar-refractivity contribution is 6.30. The van der Waals surface area contributed by atoms with E-state index in [2.05, 4.69) is 142 Å². The topological polar surface area (TPSA) is 261 Å². The monoisotopic (exact) mass is 1520 g/mol. The zero-order valence-electron chi connectivity index (χ0n) is 64.1. The number of hydrogen-bond acceptors (Lipinski definition) is 18. The molecule has 6 aromatic carbocycles. The highest BCUT2D eigenvalue weighted by Gasteiger charge is 2.22. The summed E-state index contributed by atoms with van der Waals surface area (Å²) in [5, 5.41) is 55.6. The van der Waals surface area contributed by atoms with Crippen LogP contribution in [-0.4, -0.2) is 116 Å². The van der Waals surface area contributed by atoms with E-state index in [1.165, 1.54) is 0 Å². The second kappa shape index (κ2) is 36.8. The molecule has 0 spiro atoms. The molecule has 14 rings (SSSR count). The van der Waals surface area contributed by atoms with Gasteiger partial charge in [-0.2, -0.15) is 41.4 Å². The standard InChI is InChI=1S/2C26H25N5O.2C18H15ClN4O/c1-18-13-21(15-23(14-18)32-4)26-24(17-31(29-26)12-10-27)20-9-11-28-25(16-20)19-5-7-22(8-6-19)30(2)3;1-18-13-21(15-23(14-18)32-4)26-24(17-29-31(26)12-10-27)20-9-11-28-25(16-20)19-5-7-22(8-6-19)30(2)3;1-12-7-14(9-15(8-12)24-2)18-16(11-23(22-18)6-4-20)13-3-5-21-17(19)10-13;1-12-7-14(9-15(8-12)24-2)18-16(11-22-23(18)6-4-20)13-3-5-21-17(19)10-13/h2*5-9,11,13-17H,12H2,1-4H3;2*3,5,7-11H,6H2,1-2H3. The number of benzene rings is 6. The Morgan fingerprint density at radius 2 is 0.661 bits per heavy atom. The summed E-state index contributed by atoms with van der Waals surface area (Å²) in [6.07, 6.45) is 14.3. The molecule has 0 bridgehead atoms. The summed E-state index contributed by atoms with van der Waals surface area (Å²) in [6, 6.07) is 64.6. The van der Waals surface area contributed by atoms with Gasteiger partial charge < -0.3 is 28.7 Å². The molecule has 8 aromatic heterocycles. The van der Waals surface area contributed by atoms with E-state index in [0.29, 0.717) is 10.3 Å². The van der Waals surface area contributed by atoms with Crippen LogP contribution in [0.15, 0.2) is 219 Å². The fourth-order valence-corrected chi connectivity index (χ4v) is 13.0. The predicted molar refractivity (Wildman–Crippen MR) is 441 cm³/mol. The minimum Gasteiger partial charge on any atom is -0.497 e. The Morgan fingerprint density at radius 3 is 0.991 bits per heavy atom.